The Morgan fingerprint density at radius 1 is 1.20 bits per heavy atom. The van der Waals surface area contributed by atoms with E-state index in [0.29, 0.717) is 0 Å². The van der Waals surface area contributed by atoms with Crippen molar-refractivity contribution in [1.29, 1.82) is 0 Å². The third-order valence-electron chi connectivity index (χ3n) is 2.09. The van der Waals surface area contributed by atoms with E-state index >= 15 is 0 Å². The van der Waals surface area contributed by atoms with E-state index in [1.54, 1.807) is 21.3 Å². The predicted molar refractivity (Wildman–Crippen MR) is 67.2 cm³/mol. The molecule has 0 aromatic rings. The van der Waals surface area contributed by atoms with Crippen LogP contribution >= 0.6 is 11.8 Å². The fraction of sp³-hybridized carbons (Fsp3) is 1.00. The molecule has 0 heterocycles. The Balaban J connectivity index is 3.63. The predicted octanol–water partition coefficient (Wildman–Crippen LogP) is 1.33. The van der Waals surface area contributed by atoms with Gasteiger partial charge in [0.25, 0.3) is 0 Å². The Kier molecular flexibility index (Phi) is 8.78. The summed E-state index contributed by atoms with van der Waals surface area (Å²) in [6.07, 6.45) is 1.04. The van der Waals surface area contributed by atoms with E-state index in [1.807, 2.05) is 18.7 Å². The van der Waals surface area contributed by atoms with Crippen molar-refractivity contribution in [2.45, 2.75) is 25.4 Å². The van der Waals surface area contributed by atoms with Crippen LogP contribution in [0.1, 0.15) is 13.3 Å². The van der Waals surface area contributed by atoms with Gasteiger partial charge in [0.2, 0.25) is 0 Å². The molecule has 1 unspecified atom stereocenters. The Morgan fingerprint density at radius 3 is 2.13 bits per heavy atom. The van der Waals surface area contributed by atoms with E-state index in [9.17, 15) is 0 Å². The van der Waals surface area contributed by atoms with Crippen LogP contribution in [-0.4, -0.2) is 47.7 Å². The lowest BCUT2D eigenvalue weighted by Gasteiger charge is -2.24. The van der Waals surface area contributed by atoms with Crippen LogP contribution in [0.3, 0.4) is 0 Å². The van der Waals surface area contributed by atoms with Crippen molar-refractivity contribution in [3.8, 4) is 0 Å². The van der Waals surface area contributed by atoms with Crippen LogP contribution in [0.4, 0.5) is 0 Å². The van der Waals surface area contributed by atoms with Gasteiger partial charge in [0, 0.05) is 39.2 Å². The summed E-state index contributed by atoms with van der Waals surface area (Å²) in [6, 6.07) is 1.13. The first kappa shape index (κ1) is 15.4. The van der Waals surface area contributed by atoms with E-state index in [-0.39, 0.29) is 6.04 Å². The normalized spacial score (nSPS) is 14.2. The molecule has 6 heteroatoms. The second-order valence-electron chi connectivity index (χ2n) is 3.45. The number of hydrogen-bond donors (Lipinski definition) is 1. The molecule has 1 atom stereocenters. The molecule has 0 spiro atoms. The van der Waals surface area contributed by atoms with Crippen LogP contribution in [0.25, 0.3) is 0 Å². The molecule has 0 saturated carbocycles. The van der Waals surface area contributed by atoms with E-state index in [1.165, 1.54) is 0 Å². The van der Waals surface area contributed by atoms with Gasteiger partial charge in [-0.25, -0.2) is 0 Å². The topological polar surface area (TPSA) is 53.7 Å². The van der Waals surface area contributed by atoms with Crippen molar-refractivity contribution in [3.05, 3.63) is 0 Å². The third-order valence-corrected chi connectivity index (χ3v) is 6.26. The van der Waals surface area contributed by atoms with Gasteiger partial charge in [-0.05, 0) is 19.1 Å². The Morgan fingerprint density at radius 2 is 1.73 bits per heavy atom. The summed E-state index contributed by atoms with van der Waals surface area (Å²) >= 11 is 1.86. The molecule has 0 aliphatic carbocycles. The van der Waals surface area contributed by atoms with Gasteiger partial charge < -0.3 is 19.0 Å². The number of rotatable bonds is 9. The fourth-order valence-corrected chi connectivity index (χ4v) is 4.08. The molecular formula is C9H23NO3SSi. The van der Waals surface area contributed by atoms with Crippen molar-refractivity contribution in [3.63, 3.8) is 0 Å². The number of nitrogens with two attached hydrogens (primary N) is 1. The molecule has 0 aliphatic heterocycles. The van der Waals surface area contributed by atoms with Gasteiger partial charge in [-0.15, -0.1) is 0 Å². The first-order chi connectivity index (χ1) is 7.10. The standard InChI is InChI=1S/C9H23NO3SSi/c1-9(10)8-14-6-5-7-15(11-2,12-3)13-4/h9H,5-8,10H2,1-4H3. The summed E-state index contributed by atoms with van der Waals surface area (Å²) < 4.78 is 16.0. The summed E-state index contributed by atoms with van der Waals surface area (Å²) in [5.74, 6) is 2.08. The largest absolute Gasteiger partial charge is 0.500 e. The summed E-state index contributed by atoms with van der Waals surface area (Å²) in [7, 11) is 2.60. The zero-order valence-corrected chi connectivity index (χ0v) is 11.9. The fourth-order valence-electron chi connectivity index (χ4n) is 1.22. The summed E-state index contributed by atoms with van der Waals surface area (Å²) in [4.78, 5) is 0. The maximum Gasteiger partial charge on any atom is 0.500 e. The van der Waals surface area contributed by atoms with E-state index < -0.39 is 8.80 Å². The maximum absolute atomic E-state index is 5.65. The SMILES string of the molecule is CO[Si](CCCSCC(C)N)(OC)OC. The lowest BCUT2D eigenvalue weighted by molar-refractivity contribution is 0.123. The molecule has 0 fully saturated rings. The zero-order chi connectivity index (χ0) is 11.7. The van der Waals surface area contributed by atoms with Crippen LogP contribution in [0.5, 0.6) is 0 Å². The van der Waals surface area contributed by atoms with Crippen LogP contribution < -0.4 is 5.73 Å². The summed E-state index contributed by atoms with van der Waals surface area (Å²) in [6.45, 7) is 2.02. The van der Waals surface area contributed by atoms with Crippen molar-refractivity contribution >= 4 is 20.6 Å². The van der Waals surface area contributed by atoms with Gasteiger partial charge in [0.1, 0.15) is 0 Å². The lowest BCUT2D eigenvalue weighted by Crippen LogP contribution is -2.42. The minimum atomic E-state index is -2.34. The molecule has 0 amide bonds. The molecule has 2 N–H and O–H groups in total. The third kappa shape index (κ3) is 6.55. The first-order valence-corrected chi connectivity index (χ1v) is 8.17. The Hall–Kier alpha value is 0.407. The van der Waals surface area contributed by atoms with Gasteiger partial charge in [0.05, 0.1) is 0 Å². The van der Waals surface area contributed by atoms with Gasteiger partial charge in [0.15, 0.2) is 0 Å². The van der Waals surface area contributed by atoms with Crippen molar-refractivity contribution in [2.24, 2.45) is 5.73 Å². The van der Waals surface area contributed by atoms with Gasteiger partial charge in [-0.2, -0.15) is 11.8 Å². The highest BCUT2D eigenvalue weighted by molar-refractivity contribution is 7.99. The molecule has 0 aliphatic rings. The quantitative estimate of drug-likeness (QED) is 0.496. The van der Waals surface area contributed by atoms with E-state index in [0.717, 1.165) is 24.0 Å². The number of hydrogen-bond acceptors (Lipinski definition) is 5. The van der Waals surface area contributed by atoms with Crippen molar-refractivity contribution in [1.82, 2.24) is 0 Å². The highest BCUT2D eigenvalue weighted by atomic mass is 32.2. The van der Waals surface area contributed by atoms with E-state index in [4.69, 9.17) is 19.0 Å². The molecule has 0 rings (SSSR count). The van der Waals surface area contributed by atoms with Gasteiger partial charge in [-0.1, -0.05) is 0 Å². The van der Waals surface area contributed by atoms with Crippen LogP contribution in [0.2, 0.25) is 6.04 Å². The molecule has 0 saturated heterocycles. The van der Waals surface area contributed by atoms with E-state index in [2.05, 4.69) is 0 Å². The smallest absolute Gasteiger partial charge is 0.377 e. The summed E-state index contributed by atoms with van der Waals surface area (Å²) in [5.41, 5.74) is 5.65. The average Bonchev–Trinajstić information content (AvgIpc) is 2.24. The molecule has 0 aromatic heterocycles. The second kappa shape index (κ2) is 8.55. The average molecular weight is 253 g/mol. The molecule has 15 heavy (non-hydrogen) atoms. The highest BCUT2D eigenvalue weighted by Crippen LogP contribution is 2.17. The van der Waals surface area contributed by atoms with Crippen LogP contribution in [-0.2, 0) is 13.3 Å². The minimum Gasteiger partial charge on any atom is -0.377 e. The molecule has 0 aromatic carbocycles. The molecule has 4 nitrogen and oxygen atoms in total. The number of thioether (sulfide) groups is 1. The molecule has 92 valence electrons. The Labute approximate surface area is 98.2 Å². The summed E-state index contributed by atoms with van der Waals surface area (Å²) in [5, 5.41) is 0. The zero-order valence-electron chi connectivity index (χ0n) is 10.1. The monoisotopic (exact) mass is 253 g/mol. The van der Waals surface area contributed by atoms with Gasteiger partial charge >= 0.3 is 8.80 Å². The highest BCUT2D eigenvalue weighted by Gasteiger charge is 2.36. The molecule has 0 radical (unpaired) electrons. The second-order valence-corrected chi connectivity index (χ2v) is 7.69. The van der Waals surface area contributed by atoms with Crippen LogP contribution in [0.15, 0.2) is 0 Å². The first-order valence-electron chi connectivity index (χ1n) is 5.09. The maximum atomic E-state index is 5.65. The van der Waals surface area contributed by atoms with Crippen molar-refractivity contribution < 1.29 is 13.3 Å². The van der Waals surface area contributed by atoms with Crippen molar-refractivity contribution in [2.75, 3.05) is 32.8 Å². The lowest BCUT2D eigenvalue weighted by atomic mass is 10.4. The minimum absolute atomic E-state index is 0.268. The van der Waals surface area contributed by atoms with Gasteiger partial charge in [-0.3, -0.25) is 0 Å². The molecular weight excluding hydrogens is 230 g/mol. The Bertz CT molecular complexity index is 148. The van der Waals surface area contributed by atoms with Crippen LogP contribution in [0, 0.1) is 0 Å². The molecule has 0 bridgehead atoms.